The standard InChI is InChI=1S/C30H22Br2N2O3/c31-24-16-21(27(26(32)17-24)37-29(36)20-10-4-1-5-11-20)19-33-34-28(35)25-18-30(25,22-12-6-2-7-13-22)23-14-8-3-9-15-23/h1-17,19,25H,18H2,(H,34,35). The molecule has 0 aromatic heterocycles. The van der Waals surface area contributed by atoms with E-state index in [4.69, 9.17) is 4.74 Å². The Morgan fingerprint density at radius 3 is 2.03 bits per heavy atom. The second kappa shape index (κ2) is 10.8. The van der Waals surface area contributed by atoms with E-state index in [1.165, 1.54) is 6.21 Å². The highest BCUT2D eigenvalue weighted by atomic mass is 79.9. The molecule has 1 aliphatic carbocycles. The first-order chi connectivity index (χ1) is 18.0. The summed E-state index contributed by atoms with van der Waals surface area (Å²) in [6.07, 6.45) is 2.18. The number of esters is 1. The van der Waals surface area contributed by atoms with Gasteiger partial charge in [0.15, 0.2) is 5.75 Å². The summed E-state index contributed by atoms with van der Waals surface area (Å²) in [4.78, 5) is 25.9. The number of amides is 1. The van der Waals surface area contributed by atoms with E-state index in [9.17, 15) is 9.59 Å². The van der Waals surface area contributed by atoms with Crippen LogP contribution in [0.4, 0.5) is 0 Å². The summed E-state index contributed by atoms with van der Waals surface area (Å²) in [6, 6.07) is 32.5. The van der Waals surface area contributed by atoms with Gasteiger partial charge >= 0.3 is 5.97 Å². The maximum atomic E-state index is 13.2. The van der Waals surface area contributed by atoms with Crippen molar-refractivity contribution in [2.75, 3.05) is 0 Å². The molecule has 0 spiro atoms. The first-order valence-electron chi connectivity index (χ1n) is 11.7. The summed E-state index contributed by atoms with van der Waals surface area (Å²) in [5.74, 6) is -0.597. The van der Waals surface area contributed by atoms with Crippen molar-refractivity contribution in [1.82, 2.24) is 5.43 Å². The molecule has 5 rings (SSSR count). The van der Waals surface area contributed by atoms with Crippen molar-refractivity contribution in [3.63, 3.8) is 0 Å². The van der Waals surface area contributed by atoms with Crippen molar-refractivity contribution in [3.8, 4) is 5.75 Å². The van der Waals surface area contributed by atoms with E-state index < -0.39 is 5.97 Å². The van der Waals surface area contributed by atoms with Crippen molar-refractivity contribution in [1.29, 1.82) is 0 Å². The van der Waals surface area contributed by atoms with Crippen molar-refractivity contribution in [2.24, 2.45) is 11.0 Å². The normalized spacial score (nSPS) is 15.8. The van der Waals surface area contributed by atoms with Crippen LogP contribution in [-0.4, -0.2) is 18.1 Å². The Kier molecular flexibility index (Phi) is 7.35. The topological polar surface area (TPSA) is 67.8 Å². The molecule has 0 heterocycles. The lowest BCUT2D eigenvalue weighted by Gasteiger charge is -2.18. The first kappa shape index (κ1) is 25.1. The molecule has 4 aromatic carbocycles. The highest BCUT2D eigenvalue weighted by Gasteiger charge is 2.60. The number of rotatable bonds is 7. The average molecular weight is 618 g/mol. The monoisotopic (exact) mass is 616 g/mol. The Morgan fingerprint density at radius 1 is 0.865 bits per heavy atom. The molecule has 1 fully saturated rings. The van der Waals surface area contributed by atoms with Gasteiger partial charge in [-0.1, -0.05) is 94.8 Å². The van der Waals surface area contributed by atoms with Crippen molar-refractivity contribution in [3.05, 3.63) is 134 Å². The molecular weight excluding hydrogens is 596 g/mol. The van der Waals surface area contributed by atoms with Crippen LogP contribution in [0.2, 0.25) is 0 Å². The molecule has 184 valence electrons. The van der Waals surface area contributed by atoms with Crippen LogP contribution in [0.3, 0.4) is 0 Å². The third-order valence-corrected chi connectivity index (χ3v) is 7.52. The number of halogens is 2. The summed E-state index contributed by atoms with van der Waals surface area (Å²) in [5, 5.41) is 4.22. The molecule has 37 heavy (non-hydrogen) atoms. The molecule has 0 aliphatic heterocycles. The fourth-order valence-electron chi connectivity index (χ4n) is 4.61. The van der Waals surface area contributed by atoms with E-state index in [1.54, 1.807) is 36.4 Å². The van der Waals surface area contributed by atoms with Crippen LogP contribution >= 0.6 is 31.9 Å². The number of hydrogen-bond acceptors (Lipinski definition) is 4. The largest absolute Gasteiger partial charge is 0.421 e. The van der Waals surface area contributed by atoms with Gasteiger partial charge in [-0.25, -0.2) is 10.2 Å². The zero-order valence-electron chi connectivity index (χ0n) is 19.6. The van der Waals surface area contributed by atoms with Crippen LogP contribution < -0.4 is 10.2 Å². The summed E-state index contributed by atoms with van der Waals surface area (Å²) in [5.41, 5.74) is 5.49. The van der Waals surface area contributed by atoms with Gasteiger partial charge < -0.3 is 4.74 Å². The van der Waals surface area contributed by atoms with Gasteiger partial charge in [-0.15, -0.1) is 0 Å². The maximum absolute atomic E-state index is 13.2. The Labute approximate surface area is 231 Å². The molecule has 5 nitrogen and oxygen atoms in total. The quantitative estimate of drug-likeness (QED) is 0.106. The number of nitrogens with one attached hydrogen (secondary N) is 1. The molecule has 0 radical (unpaired) electrons. The van der Waals surface area contributed by atoms with Gasteiger partial charge in [0.2, 0.25) is 5.91 Å². The Bertz CT molecular complexity index is 1420. The first-order valence-corrected chi connectivity index (χ1v) is 13.3. The van der Waals surface area contributed by atoms with Crippen LogP contribution in [0, 0.1) is 5.92 Å². The Hall–Kier alpha value is -3.55. The molecule has 1 atom stereocenters. The van der Waals surface area contributed by atoms with E-state index in [1.807, 2.05) is 42.5 Å². The number of hydrazone groups is 1. The van der Waals surface area contributed by atoms with Crippen LogP contribution in [0.15, 0.2) is 117 Å². The van der Waals surface area contributed by atoms with Gasteiger partial charge in [-0.2, -0.15) is 5.10 Å². The number of benzene rings is 4. The van der Waals surface area contributed by atoms with Gasteiger partial charge in [0.05, 0.1) is 22.2 Å². The second-order valence-electron chi connectivity index (χ2n) is 8.76. The van der Waals surface area contributed by atoms with E-state index in [-0.39, 0.29) is 17.2 Å². The molecule has 1 unspecified atom stereocenters. The lowest BCUT2D eigenvalue weighted by atomic mass is 9.85. The SMILES string of the molecule is O=C(Oc1c(Br)cc(Br)cc1C=NNC(=O)C1CC1(c1ccccc1)c1ccccc1)c1ccccc1. The van der Waals surface area contributed by atoms with Gasteiger partial charge in [0.25, 0.3) is 0 Å². The lowest BCUT2D eigenvalue weighted by molar-refractivity contribution is -0.122. The molecule has 0 bridgehead atoms. The number of hydrogen-bond donors (Lipinski definition) is 1. The predicted octanol–water partition coefficient (Wildman–Crippen LogP) is 6.89. The fraction of sp³-hybridized carbons (Fsp3) is 0.100. The van der Waals surface area contributed by atoms with Crippen molar-refractivity contribution < 1.29 is 14.3 Å². The summed E-state index contributed by atoms with van der Waals surface area (Å²) in [7, 11) is 0. The van der Waals surface area contributed by atoms with Gasteiger partial charge in [-0.3, -0.25) is 4.79 Å². The third kappa shape index (κ3) is 5.29. The number of nitrogens with zero attached hydrogens (tertiary/aromatic N) is 1. The highest BCUT2D eigenvalue weighted by Crippen LogP contribution is 2.58. The highest BCUT2D eigenvalue weighted by molar-refractivity contribution is 9.11. The lowest BCUT2D eigenvalue weighted by Crippen LogP contribution is -2.25. The summed E-state index contributed by atoms with van der Waals surface area (Å²) < 4.78 is 7.01. The molecular formula is C30H22Br2N2O3. The Morgan fingerprint density at radius 2 is 1.43 bits per heavy atom. The molecule has 0 saturated heterocycles. The summed E-state index contributed by atoms with van der Waals surface area (Å²) in [6.45, 7) is 0. The minimum atomic E-state index is -0.490. The molecule has 1 saturated carbocycles. The molecule has 1 N–H and O–H groups in total. The molecule has 1 amide bonds. The number of carbonyl (C=O) groups excluding carboxylic acids is 2. The zero-order valence-corrected chi connectivity index (χ0v) is 22.8. The maximum Gasteiger partial charge on any atom is 0.343 e. The Balaban J connectivity index is 1.35. The van der Waals surface area contributed by atoms with Crippen LogP contribution in [0.5, 0.6) is 5.75 Å². The second-order valence-corrected chi connectivity index (χ2v) is 10.5. The van der Waals surface area contributed by atoms with E-state index in [0.717, 1.165) is 15.6 Å². The van der Waals surface area contributed by atoms with Gasteiger partial charge in [-0.05, 0) is 57.7 Å². The minimum Gasteiger partial charge on any atom is -0.421 e. The van der Waals surface area contributed by atoms with Crippen molar-refractivity contribution >= 4 is 50.0 Å². The van der Waals surface area contributed by atoms with Crippen molar-refractivity contribution in [2.45, 2.75) is 11.8 Å². The van der Waals surface area contributed by atoms with E-state index in [0.29, 0.717) is 27.8 Å². The molecule has 4 aromatic rings. The van der Waals surface area contributed by atoms with Gasteiger partial charge in [0.1, 0.15) is 0 Å². The fourth-order valence-corrected chi connectivity index (χ4v) is 5.95. The average Bonchev–Trinajstić information content (AvgIpc) is 3.69. The number of carbonyl (C=O) groups is 2. The summed E-state index contributed by atoms with van der Waals surface area (Å²) >= 11 is 6.92. The molecule has 1 aliphatic rings. The smallest absolute Gasteiger partial charge is 0.343 e. The zero-order chi connectivity index (χ0) is 25.8. The van der Waals surface area contributed by atoms with Crippen LogP contribution in [0.25, 0.3) is 0 Å². The number of ether oxygens (including phenoxy) is 1. The predicted molar refractivity (Wildman–Crippen MR) is 151 cm³/mol. The van der Waals surface area contributed by atoms with Crippen LogP contribution in [0.1, 0.15) is 33.5 Å². The van der Waals surface area contributed by atoms with E-state index >= 15 is 0 Å². The third-order valence-electron chi connectivity index (χ3n) is 6.47. The van der Waals surface area contributed by atoms with Gasteiger partial charge in [0, 0.05) is 15.5 Å². The molecule has 7 heteroatoms. The van der Waals surface area contributed by atoms with Crippen LogP contribution in [-0.2, 0) is 10.2 Å². The minimum absolute atomic E-state index is 0.166. The van der Waals surface area contributed by atoms with E-state index in [2.05, 4.69) is 66.7 Å².